The van der Waals surface area contributed by atoms with Crippen molar-refractivity contribution >= 4 is 34.4 Å². The van der Waals surface area contributed by atoms with Crippen molar-refractivity contribution in [2.24, 2.45) is 0 Å². The van der Waals surface area contributed by atoms with Crippen LogP contribution in [-0.4, -0.2) is 19.6 Å². The second kappa shape index (κ2) is 7.90. The first-order chi connectivity index (χ1) is 15.0. The number of thiazole rings is 1. The third kappa shape index (κ3) is 3.43. The Morgan fingerprint density at radius 2 is 1.81 bits per heavy atom. The van der Waals surface area contributed by atoms with Gasteiger partial charge in [-0.3, -0.25) is 9.55 Å². The second-order valence-electron chi connectivity index (χ2n) is 7.81. The number of pyridine rings is 1. The van der Waals surface area contributed by atoms with Gasteiger partial charge in [0.05, 0.1) is 17.8 Å². The second-order valence-corrected chi connectivity index (χ2v) is 9.07. The summed E-state index contributed by atoms with van der Waals surface area (Å²) in [6.45, 7) is 6.39. The SMILES string of the molecule is Cc1ccc(N2C(=S)N[C@H](c3ccccn3)[C@H]2c2cc(C)n(-c3nccs3)c2C)cc1. The predicted octanol–water partition coefficient (Wildman–Crippen LogP) is 5.43. The minimum absolute atomic E-state index is 0.0231. The lowest BCUT2D eigenvalue weighted by molar-refractivity contribution is 0.565. The maximum Gasteiger partial charge on any atom is 0.193 e. The van der Waals surface area contributed by atoms with Crippen LogP contribution in [0.15, 0.2) is 66.3 Å². The standard InChI is InChI=1S/C24H23N5S2/c1-15-7-9-18(10-8-15)29-22(21(27-23(29)30)20-6-4-5-11-25-20)19-14-16(2)28(17(19)3)24-26-12-13-31-24/h4-14,21-22H,1-3H3,(H,27,30)/t21-,22-/m1/s1. The third-order valence-electron chi connectivity index (χ3n) is 5.81. The van der Waals surface area contributed by atoms with Gasteiger partial charge in [-0.15, -0.1) is 11.3 Å². The molecule has 0 aliphatic carbocycles. The molecule has 5 rings (SSSR count). The van der Waals surface area contributed by atoms with Gasteiger partial charge in [0, 0.05) is 34.8 Å². The molecule has 0 spiro atoms. The summed E-state index contributed by atoms with van der Waals surface area (Å²) in [5.74, 6) is 0. The van der Waals surface area contributed by atoms with E-state index in [0.29, 0.717) is 5.11 Å². The summed E-state index contributed by atoms with van der Waals surface area (Å²) < 4.78 is 2.23. The molecule has 0 bridgehead atoms. The molecule has 1 aromatic carbocycles. The molecule has 0 radical (unpaired) electrons. The number of nitrogens with one attached hydrogen (secondary N) is 1. The molecule has 31 heavy (non-hydrogen) atoms. The van der Waals surface area contributed by atoms with Crippen LogP contribution < -0.4 is 10.2 Å². The van der Waals surface area contributed by atoms with Crippen LogP contribution in [0.2, 0.25) is 0 Å². The first kappa shape index (κ1) is 19.9. The Labute approximate surface area is 191 Å². The smallest absolute Gasteiger partial charge is 0.193 e. The van der Waals surface area contributed by atoms with Crippen LogP contribution in [0.1, 0.15) is 40.3 Å². The molecule has 3 aromatic heterocycles. The van der Waals surface area contributed by atoms with E-state index in [9.17, 15) is 0 Å². The summed E-state index contributed by atoms with van der Waals surface area (Å²) in [6.07, 6.45) is 3.69. The fourth-order valence-corrected chi connectivity index (χ4v) is 5.46. The van der Waals surface area contributed by atoms with Gasteiger partial charge in [0.25, 0.3) is 0 Å². The maximum atomic E-state index is 5.84. The average molecular weight is 446 g/mol. The Balaban J connectivity index is 1.68. The molecular weight excluding hydrogens is 422 g/mol. The van der Waals surface area contributed by atoms with E-state index in [1.54, 1.807) is 11.3 Å². The van der Waals surface area contributed by atoms with Crippen molar-refractivity contribution in [3.05, 3.63) is 94.5 Å². The molecule has 156 valence electrons. The molecule has 0 unspecified atom stereocenters. The van der Waals surface area contributed by atoms with Crippen LogP contribution in [0.4, 0.5) is 5.69 Å². The number of aryl methyl sites for hydroxylation is 2. The maximum absolute atomic E-state index is 5.84. The van der Waals surface area contributed by atoms with Crippen molar-refractivity contribution in [3.8, 4) is 5.13 Å². The van der Waals surface area contributed by atoms with Gasteiger partial charge in [-0.25, -0.2) is 4.98 Å². The zero-order chi connectivity index (χ0) is 21.5. The minimum atomic E-state index is -0.0553. The molecule has 0 amide bonds. The van der Waals surface area contributed by atoms with Crippen LogP contribution >= 0.6 is 23.6 Å². The van der Waals surface area contributed by atoms with Crippen LogP contribution in [0.5, 0.6) is 0 Å². The van der Waals surface area contributed by atoms with Crippen molar-refractivity contribution in [3.63, 3.8) is 0 Å². The van der Waals surface area contributed by atoms with Gasteiger partial charge in [-0.2, -0.15) is 0 Å². The van der Waals surface area contributed by atoms with Crippen LogP contribution in [0.25, 0.3) is 5.13 Å². The molecule has 1 aliphatic rings. The summed E-state index contributed by atoms with van der Waals surface area (Å²) in [4.78, 5) is 11.4. The van der Waals surface area contributed by atoms with Crippen LogP contribution in [0, 0.1) is 20.8 Å². The summed E-state index contributed by atoms with van der Waals surface area (Å²) in [5, 5.41) is 7.24. The third-order valence-corrected chi connectivity index (χ3v) is 6.88. The molecule has 5 nitrogen and oxygen atoms in total. The highest BCUT2D eigenvalue weighted by Gasteiger charge is 2.42. The molecule has 4 heterocycles. The summed E-state index contributed by atoms with van der Waals surface area (Å²) in [5.41, 5.74) is 6.82. The Morgan fingerprint density at radius 1 is 1.00 bits per heavy atom. The molecule has 7 heteroatoms. The topological polar surface area (TPSA) is 46.0 Å². The highest BCUT2D eigenvalue weighted by molar-refractivity contribution is 7.80. The average Bonchev–Trinajstić information content (AvgIpc) is 3.47. The fraction of sp³-hybridized carbons (Fsp3) is 0.208. The molecule has 1 N–H and O–H groups in total. The molecule has 4 aromatic rings. The minimum Gasteiger partial charge on any atom is -0.351 e. The lowest BCUT2D eigenvalue weighted by Gasteiger charge is -2.28. The molecular formula is C24H23N5S2. The summed E-state index contributed by atoms with van der Waals surface area (Å²) in [7, 11) is 0. The predicted molar refractivity (Wildman–Crippen MR) is 130 cm³/mol. The summed E-state index contributed by atoms with van der Waals surface area (Å²) >= 11 is 7.48. The first-order valence-corrected chi connectivity index (χ1v) is 11.5. The highest BCUT2D eigenvalue weighted by atomic mass is 32.1. The Bertz CT molecular complexity index is 1210. The van der Waals surface area contributed by atoms with Crippen molar-refractivity contribution in [2.45, 2.75) is 32.9 Å². The normalized spacial score (nSPS) is 18.4. The number of aromatic nitrogens is 3. The number of hydrogen-bond donors (Lipinski definition) is 1. The number of hydrogen-bond acceptors (Lipinski definition) is 4. The van der Waals surface area contributed by atoms with Crippen LogP contribution in [0.3, 0.4) is 0 Å². The van der Waals surface area contributed by atoms with E-state index >= 15 is 0 Å². The first-order valence-electron chi connectivity index (χ1n) is 10.2. The molecule has 1 saturated heterocycles. The lowest BCUT2D eigenvalue weighted by Crippen LogP contribution is -2.29. The number of nitrogens with zero attached hydrogens (tertiary/aromatic N) is 4. The zero-order valence-corrected chi connectivity index (χ0v) is 19.2. The van der Waals surface area contributed by atoms with E-state index in [1.165, 1.54) is 16.8 Å². The number of benzene rings is 1. The van der Waals surface area contributed by atoms with Crippen molar-refractivity contribution in [2.75, 3.05) is 4.90 Å². The number of anilines is 1. The van der Waals surface area contributed by atoms with Crippen molar-refractivity contribution in [1.29, 1.82) is 0 Å². The van der Waals surface area contributed by atoms with Gasteiger partial charge in [-0.05, 0) is 68.9 Å². The largest absolute Gasteiger partial charge is 0.351 e. The van der Waals surface area contributed by atoms with Gasteiger partial charge in [-0.1, -0.05) is 23.8 Å². The van der Waals surface area contributed by atoms with Gasteiger partial charge >= 0.3 is 0 Å². The van der Waals surface area contributed by atoms with E-state index < -0.39 is 0 Å². The lowest BCUT2D eigenvalue weighted by atomic mass is 9.96. The van der Waals surface area contributed by atoms with Crippen molar-refractivity contribution in [1.82, 2.24) is 19.9 Å². The van der Waals surface area contributed by atoms with E-state index in [4.69, 9.17) is 12.2 Å². The Morgan fingerprint density at radius 3 is 2.48 bits per heavy atom. The Kier molecular flexibility index (Phi) is 5.08. The monoisotopic (exact) mass is 445 g/mol. The van der Waals surface area contributed by atoms with Gasteiger partial charge < -0.3 is 10.2 Å². The van der Waals surface area contributed by atoms with Gasteiger partial charge in [0.2, 0.25) is 0 Å². The number of rotatable bonds is 4. The molecule has 1 aliphatic heterocycles. The van der Waals surface area contributed by atoms with Gasteiger partial charge in [0.1, 0.15) is 0 Å². The zero-order valence-electron chi connectivity index (χ0n) is 17.6. The van der Waals surface area contributed by atoms with Crippen molar-refractivity contribution < 1.29 is 0 Å². The molecule has 1 fully saturated rings. The molecule has 0 saturated carbocycles. The van der Waals surface area contributed by atoms with E-state index in [1.807, 2.05) is 29.9 Å². The fourth-order valence-electron chi connectivity index (χ4n) is 4.36. The van der Waals surface area contributed by atoms with E-state index in [0.717, 1.165) is 22.2 Å². The summed E-state index contributed by atoms with van der Waals surface area (Å²) in [6, 6.07) is 16.7. The van der Waals surface area contributed by atoms with Crippen LogP contribution in [-0.2, 0) is 0 Å². The van der Waals surface area contributed by atoms with Gasteiger partial charge in [0.15, 0.2) is 10.2 Å². The quantitative estimate of drug-likeness (QED) is 0.424. The molecule has 2 atom stereocenters. The van der Waals surface area contributed by atoms with E-state index in [-0.39, 0.29) is 12.1 Å². The number of thiocarbonyl (C=S) groups is 1. The highest BCUT2D eigenvalue weighted by Crippen LogP contribution is 2.43. The Hall–Kier alpha value is -3.03. The van der Waals surface area contributed by atoms with E-state index in [2.05, 4.69) is 81.9 Å².